The Morgan fingerprint density at radius 1 is 0.885 bits per heavy atom. The molecule has 3 rings (SSSR count). The van der Waals surface area contributed by atoms with Gasteiger partial charge >= 0.3 is 0 Å². The molecule has 1 aromatic heterocycles. The van der Waals surface area contributed by atoms with Gasteiger partial charge in [-0.25, -0.2) is 4.98 Å². The first kappa shape index (κ1) is 17.7. The van der Waals surface area contributed by atoms with Gasteiger partial charge in [0.05, 0.1) is 11.8 Å². The number of para-hydroxylation sites is 2. The van der Waals surface area contributed by atoms with Crippen molar-refractivity contribution in [1.29, 1.82) is 0 Å². The van der Waals surface area contributed by atoms with Gasteiger partial charge in [-0.3, -0.25) is 0 Å². The Morgan fingerprint density at radius 3 is 2.35 bits per heavy atom. The molecule has 5 nitrogen and oxygen atoms in total. The molecule has 0 saturated carbocycles. The summed E-state index contributed by atoms with van der Waals surface area (Å²) in [5.74, 6) is 2.05. The number of hydrogen-bond donors (Lipinski definition) is 2. The number of rotatable bonds is 6. The van der Waals surface area contributed by atoms with Gasteiger partial charge in [0.25, 0.3) is 0 Å². The van der Waals surface area contributed by atoms with Crippen LogP contribution in [-0.4, -0.2) is 16.1 Å². The summed E-state index contributed by atoms with van der Waals surface area (Å²) in [6, 6.07) is 17.9. The van der Waals surface area contributed by atoms with Crippen molar-refractivity contribution in [2.45, 2.75) is 33.8 Å². The summed E-state index contributed by atoms with van der Waals surface area (Å²) in [5.41, 5.74) is 3.93. The number of nitrogens with one attached hydrogen (secondary N) is 2. The van der Waals surface area contributed by atoms with Gasteiger partial charge in [-0.15, -0.1) is 0 Å². The summed E-state index contributed by atoms with van der Waals surface area (Å²) < 4.78 is 5.85. The average molecular weight is 348 g/mol. The Morgan fingerprint density at radius 2 is 1.62 bits per heavy atom. The minimum atomic E-state index is 0.0927. The number of aryl methyl sites for hydroxylation is 2. The quantitative estimate of drug-likeness (QED) is 0.627. The van der Waals surface area contributed by atoms with Gasteiger partial charge < -0.3 is 15.4 Å². The van der Waals surface area contributed by atoms with E-state index in [1.54, 1.807) is 0 Å². The third-order valence-electron chi connectivity index (χ3n) is 3.67. The minimum absolute atomic E-state index is 0.0927. The highest BCUT2D eigenvalue weighted by atomic mass is 16.5. The van der Waals surface area contributed by atoms with E-state index < -0.39 is 0 Å². The lowest BCUT2D eigenvalue weighted by Gasteiger charge is -2.15. The maximum Gasteiger partial charge on any atom is 0.229 e. The first-order valence-corrected chi connectivity index (χ1v) is 8.72. The molecule has 0 aliphatic carbocycles. The molecule has 1 heterocycles. The van der Waals surface area contributed by atoms with Crippen LogP contribution < -0.4 is 15.4 Å². The fourth-order valence-corrected chi connectivity index (χ4v) is 2.52. The van der Waals surface area contributed by atoms with Crippen molar-refractivity contribution in [2.75, 3.05) is 10.6 Å². The Bertz CT molecular complexity index is 875. The molecule has 3 aromatic rings. The van der Waals surface area contributed by atoms with Crippen LogP contribution in [-0.2, 0) is 0 Å². The molecule has 0 atom stereocenters. The van der Waals surface area contributed by atoms with Gasteiger partial charge in [0, 0.05) is 17.4 Å². The predicted molar refractivity (Wildman–Crippen MR) is 107 cm³/mol. The molecular formula is C21H24N4O. The topological polar surface area (TPSA) is 59.1 Å². The largest absolute Gasteiger partial charge is 0.489 e. The smallest absolute Gasteiger partial charge is 0.229 e. The number of anilines is 4. The first-order chi connectivity index (χ1) is 12.5. The van der Waals surface area contributed by atoms with Gasteiger partial charge in [-0.2, -0.15) is 4.98 Å². The molecular weight excluding hydrogens is 324 g/mol. The van der Waals surface area contributed by atoms with Gasteiger partial charge in [-0.05, 0) is 52.0 Å². The first-order valence-electron chi connectivity index (χ1n) is 8.72. The van der Waals surface area contributed by atoms with E-state index in [0.29, 0.717) is 5.95 Å². The van der Waals surface area contributed by atoms with E-state index in [0.717, 1.165) is 28.6 Å². The van der Waals surface area contributed by atoms with Crippen LogP contribution in [0.2, 0.25) is 0 Å². The van der Waals surface area contributed by atoms with E-state index in [2.05, 4.69) is 39.7 Å². The molecule has 0 amide bonds. The molecule has 0 aliphatic rings. The van der Waals surface area contributed by atoms with Crippen molar-refractivity contribution in [1.82, 2.24) is 9.97 Å². The fourth-order valence-electron chi connectivity index (χ4n) is 2.52. The molecule has 0 unspecified atom stereocenters. The van der Waals surface area contributed by atoms with Crippen LogP contribution in [0.25, 0.3) is 0 Å². The van der Waals surface area contributed by atoms with Crippen molar-refractivity contribution < 1.29 is 4.74 Å². The van der Waals surface area contributed by atoms with E-state index in [9.17, 15) is 0 Å². The fraction of sp³-hybridized carbons (Fsp3) is 0.238. The zero-order valence-corrected chi connectivity index (χ0v) is 15.6. The summed E-state index contributed by atoms with van der Waals surface area (Å²) in [6.45, 7) is 8.02. The molecule has 134 valence electrons. The number of aromatic nitrogens is 2. The Kier molecular flexibility index (Phi) is 5.37. The van der Waals surface area contributed by atoms with Crippen molar-refractivity contribution in [3.05, 3.63) is 65.9 Å². The van der Waals surface area contributed by atoms with E-state index in [-0.39, 0.29) is 6.10 Å². The van der Waals surface area contributed by atoms with Crippen molar-refractivity contribution in [3.8, 4) is 5.75 Å². The van der Waals surface area contributed by atoms with E-state index in [1.807, 2.05) is 63.2 Å². The van der Waals surface area contributed by atoms with Crippen LogP contribution in [0.15, 0.2) is 54.6 Å². The summed E-state index contributed by atoms with van der Waals surface area (Å²) in [7, 11) is 0. The van der Waals surface area contributed by atoms with E-state index in [4.69, 9.17) is 4.74 Å². The third kappa shape index (κ3) is 4.72. The van der Waals surface area contributed by atoms with Crippen molar-refractivity contribution in [3.63, 3.8) is 0 Å². The molecule has 0 bridgehead atoms. The number of ether oxygens (including phenoxy) is 1. The van der Waals surface area contributed by atoms with Crippen LogP contribution in [0.1, 0.15) is 25.1 Å². The van der Waals surface area contributed by atoms with Gasteiger partial charge in [-0.1, -0.05) is 29.8 Å². The molecule has 26 heavy (non-hydrogen) atoms. The second-order valence-corrected chi connectivity index (χ2v) is 6.50. The van der Waals surface area contributed by atoms with Gasteiger partial charge in [0.1, 0.15) is 11.6 Å². The van der Waals surface area contributed by atoms with Crippen LogP contribution in [0.5, 0.6) is 5.75 Å². The van der Waals surface area contributed by atoms with Gasteiger partial charge in [0.15, 0.2) is 0 Å². The number of nitrogens with zero attached hydrogens (tertiary/aromatic N) is 2. The van der Waals surface area contributed by atoms with Crippen LogP contribution >= 0.6 is 0 Å². The SMILES string of the molecule is Cc1ccc(Nc2cc(C)nc(Nc3ccccc3OC(C)C)n2)cc1. The Balaban J connectivity index is 1.83. The molecule has 2 N–H and O–H groups in total. The molecule has 0 radical (unpaired) electrons. The lowest BCUT2D eigenvalue weighted by molar-refractivity contribution is 0.244. The van der Waals surface area contributed by atoms with Gasteiger partial charge in [0.2, 0.25) is 5.95 Å². The lowest BCUT2D eigenvalue weighted by Crippen LogP contribution is -2.08. The second kappa shape index (κ2) is 7.87. The molecule has 5 heteroatoms. The standard InChI is InChI=1S/C21H24N4O/c1-14(2)26-19-8-6-5-7-18(19)24-21-22-16(4)13-20(25-21)23-17-11-9-15(3)10-12-17/h5-14H,1-4H3,(H2,22,23,24,25). The summed E-state index contributed by atoms with van der Waals surface area (Å²) in [6.07, 6.45) is 0.0927. The average Bonchev–Trinajstić information content (AvgIpc) is 2.58. The highest BCUT2D eigenvalue weighted by molar-refractivity contribution is 5.64. The summed E-state index contributed by atoms with van der Waals surface area (Å²) >= 11 is 0. The van der Waals surface area contributed by atoms with Crippen molar-refractivity contribution >= 4 is 23.1 Å². The number of benzene rings is 2. The number of hydrogen-bond acceptors (Lipinski definition) is 5. The molecule has 2 aromatic carbocycles. The normalized spacial score (nSPS) is 10.7. The zero-order chi connectivity index (χ0) is 18.5. The third-order valence-corrected chi connectivity index (χ3v) is 3.67. The summed E-state index contributed by atoms with van der Waals surface area (Å²) in [5, 5.41) is 6.59. The molecule has 0 fully saturated rings. The second-order valence-electron chi connectivity index (χ2n) is 6.50. The molecule has 0 saturated heterocycles. The maximum atomic E-state index is 5.85. The van der Waals surface area contributed by atoms with E-state index >= 15 is 0 Å². The summed E-state index contributed by atoms with van der Waals surface area (Å²) in [4.78, 5) is 9.07. The highest BCUT2D eigenvalue weighted by Crippen LogP contribution is 2.28. The maximum absolute atomic E-state index is 5.85. The predicted octanol–water partition coefficient (Wildman–Crippen LogP) is 5.37. The Hall–Kier alpha value is -3.08. The van der Waals surface area contributed by atoms with Crippen LogP contribution in [0, 0.1) is 13.8 Å². The highest BCUT2D eigenvalue weighted by Gasteiger charge is 2.08. The molecule has 0 aliphatic heterocycles. The van der Waals surface area contributed by atoms with Crippen LogP contribution in [0.4, 0.5) is 23.1 Å². The van der Waals surface area contributed by atoms with E-state index in [1.165, 1.54) is 5.56 Å². The van der Waals surface area contributed by atoms with Crippen molar-refractivity contribution in [2.24, 2.45) is 0 Å². The zero-order valence-electron chi connectivity index (χ0n) is 15.6. The van der Waals surface area contributed by atoms with Crippen LogP contribution in [0.3, 0.4) is 0 Å². The lowest BCUT2D eigenvalue weighted by atomic mass is 10.2. The monoisotopic (exact) mass is 348 g/mol. The minimum Gasteiger partial charge on any atom is -0.489 e. The molecule has 0 spiro atoms. The Labute approximate surface area is 154 Å².